The average molecular weight is 206 g/mol. The summed E-state index contributed by atoms with van der Waals surface area (Å²) in [6, 6.07) is 0. The summed E-state index contributed by atoms with van der Waals surface area (Å²) in [7, 11) is 1.92. The fraction of sp³-hybridized carbons (Fsp3) is 0.636. The van der Waals surface area contributed by atoms with Crippen LogP contribution >= 0.6 is 0 Å². The quantitative estimate of drug-likeness (QED) is 0.754. The Morgan fingerprint density at radius 1 is 1.53 bits per heavy atom. The van der Waals surface area contributed by atoms with Gasteiger partial charge in [0.15, 0.2) is 0 Å². The van der Waals surface area contributed by atoms with E-state index in [4.69, 9.17) is 0 Å². The van der Waals surface area contributed by atoms with Crippen LogP contribution in [0.5, 0.6) is 0 Å². The van der Waals surface area contributed by atoms with Crippen molar-refractivity contribution >= 4 is 0 Å². The topological polar surface area (TPSA) is 42.7 Å². The predicted octanol–water partition coefficient (Wildman–Crippen LogP) is 1.26. The van der Waals surface area contributed by atoms with Gasteiger partial charge in [0.2, 0.25) is 0 Å². The lowest BCUT2D eigenvalue weighted by atomic mass is 9.94. The van der Waals surface area contributed by atoms with Crippen molar-refractivity contribution < 1.29 is 0 Å². The zero-order chi connectivity index (χ0) is 10.5. The maximum atomic E-state index is 3.90. The van der Waals surface area contributed by atoms with Crippen LogP contribution in [0.2, 0.25) is 0 Å². The monoisotopic (exact) mass is 206 g/mol. The predicted molar refractivity (Wildman–Crippen MR) is 59.2 cm³/mol. The number of nitrogens with zero attached hydrogens (tertiary/aromatic N) is 3. The fourth-order valence-electron chi connectivity index (χ4n) is 1.92. The summed E-state index contributed by atoms with van der Waals surface area (Å²) < 4.78 is 1.81. The van der Waals surface area contributed by atoms with E-state index in [0.29, 0.717) is 0 Å². The zero-order valence-corrected chi connectivity index (χ0v) is 9.19. The Bertz CT molecular complexity index is 329. The second-order valence-corrected chi connectivity index (χ2v) is 4.13. The highest BCUT2D eigenvalue weighted by molar-refractivity contribution is 4.94. The van der Waals surface area contributed by atoms with Gasteiger partial charge in [-0.05, 0) is 31.7 Å². The molecule has 0 saturated heterocycles. The van der Waals surface area contributed by atoms with E-state index in [1.807, 2.05) is 17.9 Å². The second kappa shape index (κ2) is 5.07. The fourth-order valence-corrected chi connectivity index (χ4v) is 1.92. The molecule has 1 aromatic rings. The Balaban J connectivity index is 1.71. The number of aryl methyl sites for hydroxylation is 1. The molecule has 0 spiro atoms. The summed E-state index contributed by atoms with van der Waals surface area (Å²) in [5, 5.41) is 11.2. The van der Waals surface area contributed by atoms with Crippen LogP contribution in [0.25, 0.3) is 0 Å². The molecule has 82 valence electrons. The van der Waals surface area contributed by atoms with Gasteiger partial charge in [0.05, 0.1) is 11.9 Å². The van der Waals surface area contributed by atoms with Gasteiger partial charge in [-0.3, -0.25) is 4.68 Å². The smallest absolute Gasteiger partial charge is 0.0738 e. The van der Waals surface area contributed by atoms with Gasteiger partial charge in [-0.15, -0.1) is 5.10 Å². The Labute approximate surface area is 90.4 Å². The number of nitrogens with one attached hydrogen (secondary N) is 1. The summed E-state index contributed by atoms with van der Waals surface area (Å²) in [4.78, 5) is 0. The van der Waals surface area contributed by atoms with E-state index in [1.54, 1.807) is 0 Å². The van der Waals surface area contributed by atoms with E-state index >= 15 is 0 Å². The summed E-state index contributed by atoms with van der Waals surface area (Å²) in [5.74, 6) is 0.802. The first kappa shape index (κ1) is 10.4. The molecule has 1 aliphatic carbocycles. The average Bonchev–Trinajstić information content (AvgIpc) is 2.66. The van der Waals surface area contributed by atoms with E-state index < -0.39 is 0 Å². The number of hydrogen-bond acceptors (Lipinski definition) is 3. The van der Waals surface area contributed by atoms with Gasteiger partial charge in [-0.2, -0.15) is 0 Å². The van der Waals surface area contributed by atoms with Crippen LogP contribution in [0.4, 0.5) is 0 Å². The van der Waals surface area contributed by atoms with E-state index in [-0.39, 0.29) is 0 Å². The molecule has 1 heterocycles. The van der Waals surface area contributed by atoms with E-state index in [2.05, 4.69) is 27.8 Å². The Morgan fingerprint density at radius 2 is 2.47 bits per heavy atom. The highest BCUT2D eigenvalue weighted by Crippen LogP contribution is 2.16. The molecule has 1 aromatic heterocycles. The molecule has 1 N–H and O–H groups in total. The molecule has 2 rings (SSSR count). The van der Waals surface area contributed by atoms with Crippen molar-refractivity contribution in [1.82, 2.24) is 20.3 Å². The molecule has 0 amide bonds. The van der Waals surface area contributed by atoms with Crippen molar-refractivity contribution in [3.05, 3.63) is 24.0 Å². The third-order valence-corrected chi connectivity index (χ3v) is 2.93. The molecule has 4 nitrogen and oxygen atoms in total. The Kier molecular flexibility index (Phi) is 3.50. The third kappa shape index (κ3) is 2.89. The van der Waals surface area contributed by atoms with Crippen LogP contribution in [0, 0.1) is 5.92 Å². The first-order valence-electron chi connectivity index (χ1n) is 5.55. The van der Waals surface area contributed by atoms with Crippen LogP contribution < -0.4 is 5.32 Å². The van der Waals surface area contributed by atoms with E-state index in [0.717, 1.165) is 24.7 Å². The lowest BCUT2D eigenvalue weighted by Gasteiger charge is -2.17. The Morgan fingerprint density at radius 3 is 3.13 bits per heavy atom. The maximum absolute atomic E-state index is 3.90. The molecule has 0 aliphatic heterocycles. The molecular formula is C11H18N4. The van der Waals surface area contributed by atoms with Crippen LogP contribution in [-0.2, 0) is 13.6 Å². The second-order valence-electron chi connectivity index (χ2n) is 4.13. The van der Waals surface area contributed by atoms with Gasteiger partial charge in [0.25, 0.3) is 0 Å². The molecule has 1 aliphatic rings. The van der Waals surface area contributed by atoms with Gasteiger partial charge >= 0.3 is 0 Å². The van der Waals surface area contributed by atoms with Crippen molar-refractivity contribution in [3.63, 3.8) is 0 Å². The molecule has 0 fully saturated rings. The number of aromatic nitrogens is 3. The highest BCUT2D eigenvalue weighted by Gasteiger charge is 2.09. The molecule has 0 bridgehead atoms. The third-order valence-electron chi connectivity index (χ3n) is 2.93. The van der Waals surface area contributed by atoms with Gasteiger partial charge in [0.1, 0.15) is 0 Å². The van der Waals surface area contributed by atoms with Crippen molar-refractivity contribution in [3.8, 4) is 0 Å². The first-order valence-corrected chi connectivity index (χ1v) is 5.55. The van der Waals surface area contributed by atoms with Crippen molar-refractivity contribution in [1.29, 1.82) is 0 Å². The molecule has 0 aromatic carbocycles. The van der Waals surface area contributed by atoms with Crippen LogP contribution in [0.3, 0.4) is 0 Å². The highest BCUT2D eigenvalue weighted by atomic mass is 15.4. The molecule has 1 atom stereocenters. The SMILES string of the molecule is Cn1nncc1CNCC1CC=CCC1. The molecule has 15 heavy (non-hydrogen) atoms. The minimum absolute atomic E-state index is 0.802. The summed E-state index contributed by atoms with van der Waals surface area (Å²) in [5.41, 5.74) is 1.14. The molecule has 4 heteroatoms. The normalized spacial score (nSPS) is 20.7. The van der Waals surface area contributed by atoms with Crippen molar-refractivity contribution in [2.45, 2.75) is 25.8 Å². The minimum Gasteiger partial charge on any atom is -0.311 e. The van der Waals surface area contributed by atoms with Crippen LogP contribution in [-0.4, -0.2) is 21.5 Å². The number of allylic oxidation sites excluding steroid dienone is 2. The molecule has 1 unspecified atom stereocenters. The van der Waals surface area contributed by atoms with Crippen LogP contribution in [0.15, 0.2) is 18.3 Å². The van der Waals surface area contributed by atoms with E-state index in [1.165, 1.54) is 19.3 Å². The van der Waals surface area contributed by atoms with Crippen molar-refractivity contribution in [2.75, 3.05) is 6.54 Å². The summed E-state index contributed by atoms with van der Waals surface area (Å²) in [6.45, 7) is 1.96. The van der Waals surface area contributed by atoms with Gasteiger partial charge < -0.3 is 5.32 Å². The number of rotatable bonds is 4. The van der Waals surface area contributed by atoms with Crippen LogP contribution in [0.1, 0.15) is 25.0 Å². The molecular weight excluding hydrogens is 188 g/mol. The lowest BCUT2D eigenvalue weighted by molar-refractivity contribution is 0.436. The number of hydrogen-bond donors (Lipinski definition) is 1. The summed E-state index contributed by atoms with van der Waals surface area (Å²) in [6.07, 6.45) is 10.2. The van der Waals surface area contributed by atoms with Gasteiger partial charge in [-0.25, -0.2) is 0 Å². The zero-order valence-electron chi connectivity index (χ0n) is 9.19. The van der Waals surface area contributed by atoms with Gasteiger partial charge in [-0.1, -0.05) is 17.4 Å². The largest absolute Gasteiger partial charge is 0.311 e. The lowest BCUT2D eigenvalue weighted by Crippen LogP contribution is -2.24. The summed E-state index contributed by atoms with van der Waals surface area (Å²) >= 11 is 0. The Hall–Kier alpha value is -1.16. The molecule has 0 radical (unpaired) electrons. The van der Waals surface area contributed by atoms with E-state index in [9.17, 15) is 0 Å². The first-order chi connectivity index (χ1) is 7.36. The minimum atomic E-state index is 0.802. The van der Waals surface area contributed by atoms with Crippen molar-refractivity contribution in [2.24, 2.45) is 13.0 Å². The van der Waals surface area contributed by atoms with Gasteiger partial charge in [0, 0.05) is 13.6 Å². The molecule has 0 saturated carbocycles. The maximum Gasteiger partial charge on any atom is 0.0738 e. The standard InChI is InChI=1S/C11H18N4/c1-15-11(9-13-14-15)8-12-7-10-5-3-2-4-6-10/h2-3,9-10,12H,4-8H2,1H3.